The molecule has 5 saturated heterocycles. The molecule has 0 saturated carbocycles. The van der Waals surface area contributed by atoms with Crippen LogP contribution in [0.15, 0.2) is 42.5 Å². The van der Waals surface area contributed by atoms with Crippen LogP contribution >= 0.6 is 23.2 Å². The molecule has 9 rings (SSSR count). The molecule has 1 N–H and O–H groups in total. The third kappa shape index (κ3) is 5.86. The number of para-hydroxylation sites is 1. The topological polar surface area (TPSA) is 95.0 Å². The van der Waals surface area contributed by atoms with Crippen LogP contribution in [-0.4, -0.2) is 104 Å². The largest absolute Gasteiger partial charge is 0.478 e. The number of rotatable bonds is 8. The number of anilines is 2. The summed E-state index contributed by atoms with van der Waals surface area (Å²) >= 11 is 13.6. The summed E-state index contributed by atoms with van der Waals surface area (Å²) in [6, 6.07) is 12.6. The molecule has 1 amide bonds. The molecule has 0 radical (unpaired) electrons. The van der Waals surface area contributed by atoms with Crippen molar-refractivity contribution in [3.8, 4) is 16.9 Å². The van der Waals surface area contributed by atoms with E-state index in [2.05, 4.69) is 14.7 Å². The molecule has 0 aliphatic carbocycles. The zero-order valence-electron chi connectivity index (χ0n) is 27.7. The molecule has 6 heterocycles. The number of carbonyl (C=O) groups excluding carboxylic acids is 1. The van der Waals surface area contributed by atoms with Crippen molar-refractivity contribution in [3.05, 3.63) is 75.0 Å². The lowest BCUT2D eigenvalue weighted by molar-refractivity contribution is 0.0516. The van der Waals surface area contributed by atoms with Crippen molar-refractivity contribution < 1.29 is 33.3 Å². The first-order chi connectivity index (χ1) is 24.2. The van der Waals surface area contributed by atoms with Gasteiger partial charge in [-0.1, -0.05) is 41.4 Å². The van der Waals surface area contributed by atoms with Crippen LogP contribution in [-0.2, 0) is 16.0 Å². The van der Waals surface area contributed by atoms with Gasteiger partial charge in [-0.05, 0) is 49.9 Å². The van der Waals surface area contributed by atoms with Crippen LogP contribution < -0.4 is 14.5 Å². The van der Waals surface area contributed by atoms with E-state index in [1.54, 1.807) is 25.3 Å². The van der Waals surface area contributed by atoms with Crippen LogP contribution in [0.25, 0.3) is 11.1 Å². The first kappa shape index (κ1) is 33.5. The quantitative estimate of drug-likeness (QED) is 0.293. The Balaban J connectivity index is 1.04. The van der Waals surface area contributed by atoms with Gasteiger partial charge in [0.1, 0.15) is 11.6 Å². The summed E-state index contributed by atoms with van der Waals surface area (Å²) in [5.74, 6) is -1.77. The molecule has 10 nitrogen and oxygen atoms in total. The lowest BCUT2D eigenvalue weighted by atomic mass is 9.90. The van der Waals surface area contributed by atoms with Crippen LogP contribution in [0, 0.1) is 5.82 Å². The highest BCUT2D eigenvalue weighted by Gasteiger charge is 2.41. The number of amides is 1. The van der Waals surface area contributed by atoms with Crippen LogP contribution in [0.4, 0.5) is 15.8 Å². The zero-order chi connectivity index (χ0) is 34.7. The number of nitrogens with zero attached hydrogens (tertiary/aromatic N) is 4. The summed E-state index contributed by atoms with van der Waals surface area (Å²) in [5.41, 5.74) is 2.92. The van der Waals surface area contributed by atoms with Crippen molar-refractivity contribution >= 4 is 46.5 Å². The number of fused-ring (bicyclic) bond motifs is 6. The van der Waals surface area contributed by atoms with Gasteiger partial charge in [0.05, 0.1) is 65.3 Å². The summed E-state index contributed by atoms with van der Waals surface area (Å²) in [5, 5.41) is 10.6. The Morgan fingerprint density at radius 3 is 2.36 bits per heavy atom. The zero-order valence-corrected chi connectivity index (χ0v) is 29.3. The number of piperazine rings is 1. The minimum atomic E-state index is -1.19. The number of hydrogen-bond donors (Lipinski definition) is 1. The molecule has 4 atom stereocenters. The minimum Gasteiger partial charge on any atom is -0.478 e. The SMILES string of the molecule is COCCN1C[C@@H]2CC[C@H]1CN2c1cc(Cl)c(C(=O)N2COc3c(cccc3-c3cc(N4C5CCC4COC5)c(C(=O)O)cc3F)C2)c(Cl)c1. The van der Waals surface area contributed by atoms with Crippen LogP contribution in [0.3, 0.4) is 0 Å². The normalized spacial score (nSPS) is 24.4. The van der Waals surface area contributed by atoms with Gasteiger partial charge in [-0.2, -0.15) is 0 Å². The van der Waals surface area contributed by atoms with E-state index in [1.807, 2.05) is 18.2 Å². The third-order valence-electron chi connectivity index (χ3n) is 11.0. The molecule has 2 unspecified atom stereocenters. The summed E-state index contributed by atoms with van der Waals surface area (Å²) in [4.78, 5) is 34.6. The van der Waals surface area contributed by atoms with E-state index >= 15 is 4.39 Å². The second kappa shape index (κ2) is 13.5. The molecule has 3 aromatic rings. The highest BCUT2D eigenvalue weighted by atomic mass is 35.5. The fourth-order valence-electron chi connectivity index (χ4n) is 8.59. The predicted molar refractivity (Wildman–Crippen MR) is 188 cm³/mol. The van der Waals surface area contributed by atoms with Gasteiger partial charge in [0.2, 0.25) is 0 Å². The number of methoxy groups -OCH3 is 1. The number of carbonyl (C=O) groups is 2. The van der Waals surface area contributed by atoms with Crippen molar-refractivity contribution in [1.82, 2.24) is 9.80 Å². The molecule has 50 heavy (non-hydrogen) atoms. The molecule has 4 bridgehead atoms. The molecule has 13 heteroatoms. The number of aromatic carboxylic acids is 1. The lowest BCUT2D eigenvalue weighted by Gasteiger charge is -2.52. The highest BCUT2D eigenvalue weighted by Crippen LogP contribution is 2.44. The van der Waals surface area contributed by atoms with Gasteiger partial charge in [0, 0.05) is 61.2 Å². The summed E-state index contributed by atoms with van der Waals surface area (Å²) in [7, 11) is 1.73. The van der Waals surface area contributed by atoms with Gasteiger partial charge in [-0.3, -0.25) is 9.69 Å². The van der Waals surface area contributed by atoms with E-state index < -0.39 is 11.8 Å². The number of carboxylic acids is 1. The van der Waals surface area contributed by atoms with E-state index in [0.717, 1.165) is 57.1 Å². The van der Waals surface area contributed by atoms with Crippen molar-refractivity contribution in [2.24, 2.45) is 0 Å². The van der Waals surface area contributed by atoms with Gasteiger partial charge in [0.25, 0.3) is 5.91 Å². The Morgan fingerprint density at radius 1 is 0.960 bits per heavy atom. The summed E-state index contributed by atoms with van der Waals surface area (Å²) < 4.78 is 33.0. The van der Waals surface area contributed by atoms with E-state index in [0.29, 0.717) is 54.5 Å². The molecule has 5 fully saturated rings. The van der Waals surface area contributed by atoms with Crippen molar-refractivity contribution in [2.45, 2.75) is 56.4 Å². The van der Waals surface area contributed by atoms with Crippen molar-refractivity contribution in [2.75, 3.05) is 63.1 Å². The maximum absolute atomic E-state index is 15.8. The maximum Gasteiger partial charge on any atom is 0.337 e. The van der Waals surface area contributed by atoms with Crippen molar-refractivity contribution in [1.29, 1.82) is 0 Å². The van der Waals surface area contributed by atoms with Gasteiger partial charge < -0.3 is 34.0 Å². The maximum atomic E-state index is 15.8. The fourth-order valence-corrected chi connectivity index (χ4v) is 9.23. The Kier molecular flexibility index (Phi) is 9.05. The summed E-state index contributed by atoms with van der Waals surface area (Å²) in [6.45, 7) is 4.52. The number of halogens is 3. The second-order valence-corrected chi connectivity index (χ2v) is 14.7. The number of hydrogen-bond acceptors (Lipinski definition) is 8. The number of piperidine rings is 2. The molecule has 264 valence electrons. The number of carboxylic acid groups (broad SMARTS) is 1. The van der Waals surface area contributed by atoms with Crippen molar-refractivity contribution in [3.63, 3.8) is 0 Å². The van der Waals surface area contributed by atoms with Gasteiger partial charge in [0.15, 0.2) is 6.73 Å². The molecular weight excluding hydrogens is 686 g/mol. The van der Waals surface area contributed by atoms with Gasteiger partial charge in [-0.25, -0.2) is 9.18 Å². The third-order valence-corrected chi connectivity index (χ3v) is 11.6. The number of ether oxygens (including phenoxy) is 3. The average molecular weight is 726 g/mol. The predicted octanol–water partition coefficient (Wildman–Crippen LogP) is 6.16. The van der Waals surface area contributed by atoms with E-state index in [-0.39, 0.29) is 58.0 Å². The number of benzene rings is 3. The van der Waals surface area contributed by atoms with E-state index in [9.17, 15) is 14.7 Å². The molecule has 3 aromatic carbocycles. The number of morpholine rings is 1. The Hall–Kier alpha value is -3.61. The monoisotopic (exact) mass is 724 g/mol. The smallest absolute Gasteiger partial charge is 0.337 e. The average Bonchev–Trinajstić information content (AvgIpc) is 3.36. The lowest BCUT2D eigenvalue weighted by Crippen LogP contribution is -2.63. The molecule has 0 spiro atoms. The summed E-state index contributed by atoms with van der Waals surface area (Å²) in [6.07, 6.45) is 3.99. The van der Waals surface area contributed by atoms with Crippen LogP contribution in [0.2, 0.25) is 10.0 Å². The van der Waals surface area contributed by atoms with Crippen LogP contribution in [0.5, 0.6) is 5.75 Å². The second-order valence-electron chi connectivity index (χ2n) is 13.9. The Bertz CT molecular complexity index is 1810. The minimum absolute atomic E-state index is 0.0322. The fraction of sp³-hybridized carbons (Fsp3) is 0.459. The first-order valence-electron chi connectivity index (χ1n) is 17.2. The molecule has 6 aliphatic rings. The highest BCUT2D eigenvalue weighted by molar-refractivity contribution is 6.40. The molecular formula is C37H39Cl2FN4O6. The molecule has 6 aliphatic heterocycles. The Morgan fingerprint density at radius 2 is 1.68 bits per heavy atom. The van der Waals surface area contributed by atoms with E-state index in [1.165, 1.54) is 4.90 Å². The van der Waals surface area contributed by atoms with Gasteiger partial charge in [-0.15, -0.1) is 0 Å². The van der Waals surface area contributed by atoms with Gasteiger partial charge >= 0.3 is 5.97 Å². The molecule has 0 aromatic heterocycles. The van der Waals surface area contributed by atoms with E-state index in [4.69, 9.17) is 37.4 Å². The standard InChI is InChI=1S/C37H39Cl2FN4O6/c1-48-10-9-41-16-23-6-5-22(41)17-43(23)26-11-30(38)34(31(39)12-26)36(45)42-15-21-3-2-4-27(35(21)50-20-42)28-14-33(29(37(46)47)13-32(28)40)44-24-7-8-25(44)19-49-18-24/h2-4,11-14,22-25H,5-10,15-20H2,1H3,(H,46,47)/t22-,23-,24?,25?/m0/s1. The Labute approximate surface area is 300 Å². The van der Waals surface area contributed by atoms with Crippen LogP contribution in [0.1, 0.15) is 52.0 Å². The first-order valence-corrected chi connectivity index (χ1v) is 17.9.